The summed E-state index contributed by atoms with van der Waals surface area (Å²) in [6.07, 6.45) is 6.05. The highest BCUT2D eigenvalue weighted by Gasteiger charge is 2.35. The van der Waals surface area contributed by atoms with Crippen LogP contribution in [0.15, 0.2) is 0 Å². The molecule has 2 aliphatic rings. The minimum Gasteiger partial charge on any atom is -0.338 e. The molecule has 1 aliphatic heterocycles. The quantitative estimate of drug-likeness (QED) is 0.683. The van der Waals surface area contributed by atoms with Crippen LogP contribution in [-0.2, 0) is 4.79 Å². The summed E-state index contributed by atoms with van der Waals surface area (Å²) in [7, 11) is 1.88. The molecular formula is C10H18N2O. The van der Waals surface area contributed by atoms with Gasteiger partial charge in [-0.1, -0.05) is 12.8 Å². The average molecular weight is 182 g/mol. The third-order valence-corrected chi connectivity index (χ3v) is 3.35. The van der Waals surface area contributed by atoms with Crippen molar-refractivity contribution in [3.05, 3.63) is 0 Å². The molecule has 1 N–H and O–H groups in total. The van der Waals surface area contributed by atoms with E-state index in [0.29, 0.717) is 11.9 Å². The summed E-state index contributed by atoms with van der Waals surface area (Å²) in [6.45, 7) is 0.967. The first kappa shape index (κ1) is 9.00. The summed E-state index contributed by atoms with van der Waals surface area (Å²) in [6, 6.07) is 0.659. The van der Waals surface area contributed by atoms with Crippen LogP contribution in [0.5, 0.6) is 0 Å². The molecule has 0 aromatic rings. The Hall–Kier alpha value is -0.570. The predicted molar refractivity (Wildman–Crippen MR) is 51.4 cm³/mol. The Morgan fingerprint density at radius 3 is 2.54 bits per heavy atom. The Bertz CT molecular complexity index is 199. The van der Waals surface area contributed by atoms with Crippen LogP contribution in [0.4, 0.5) is 0 Å². The van der Waals surface area contributed by atoms with Crippen molar-refractivity contribution in [2.45, 2.75) is 44.2 Å². The van der Waals surface area contributed by atoms with Gasteiger partial charge in [-0.3, -0.25) is 4.79 Å². The number of hydrogen-bond donors (Lipinski definition) is 1. The maximum absolute atomic E-state index is 11.8. The SMILES string of the molecule is CNC1CCN(C2CCCC2)C1=O. The van der Waals surface area contributed by atoms with Crippen LogP contribution < -0.4 is 5.32 Å². The Labute approximate surface area is 79.5 Å². The summed E-state index contributed by atoms with van der Waals surface area (Å²) >= 11 is 0. The highest BCUT2D eigenvalue weighted by Crippen LogP contribution is 2.27. The number of rotatable bonds is 2. The van der Waals surface area contributed by atoms with Crippen molar-refractivity contribution in [1.82, 2.24) is 10.2 Å². The van der Waals surface area contributed by atoms with Crippen molar-refractivity contribution >= 4 is 5.91 Å². The fraction of sp³-hybridized carbons (Fsp3) is 0.900. The topological polar surface area (TPSA) is 32.3 Å². The number of nitrogens with zero attached hydrogens (tertiary/aromatic N) is 1. The molecule has 1 heterocycles. The van der Waals surface area contributed by atoms with Gasteiger partial charge in [0.2, 0.25) is 5.91 Å². The first-order valence-electron chi connectivity index (χ1n) is 5.30. The second kappa shape index (κ2) is 3.66. The van der Waals surface area contributed by atoms with E-state index in [0.717, 1.165) is 13.0 Å². The van der Waals surface area contributed by atoms with Crippen LogP contribution in [-0.4, -0.2) is 36.5 Å². The minimum atomic E-state index is 0.0978. The molecule has 0 radical (unpaired) electrons. The fourth-order valence-electron chi connectivity index (χ4n) is 2.55. The largest absolute Gasteiger partial charge is 0.338 e. The van der Waals surface area contributed by atoms with Gasteiger partial charge in [-0.15, -0.1) is 0 Å². The number of hydrogen-bond acceptors (Lipinski definition) is 2. The summed E-state index contributed by atoms with van der Waals surface area (Å²) < 4.78 is 0. The van der Waals surface area contributed by atoms with Gasteiger partial charge in [0, 0.05) is 12.6 Å². The van der Waals surface area contributed by atoms with E-state index in [1.807, 2.05) is 7.05 Å². The van der Waals surface area contributed by atoms with Crippen molar-refractivity contribution in [3.63, 3.8) is 0 Å². The fourth-order valence-corrected chi connectivity index (χ4v) is 2.55. The monoisotopic (exact) mass is 182 g/mol. The van der Waals surface area contributed by atoms with Gasteiger partial charge in [-0.25, -0.2) is 0 Å². The van der Waals surface area contributed by atoms with Crippen LogP contribution in [0.25, 0.3) is 0 Å². The number of carbonyl (C=O) groups is 1. The lowest BCUT2D eigenvalue weighted by Gasteiger charge is -2.23. The molecule has 3 nitrogen and oxygen atoms in total. The standard InChI is InChI=1S/C10H18N2O/c1-11-9-6-7-12(10(9)13)8-4-2-3-5-8/h8-9,11H,2-7H2,1H3. The zero-order chi connectivity index (χ0) is 9.26. The third-order valence-electron chi connectivity index (χ3n) is 3.35. The molecule has 0 aromatic heterocycles. The van der Waals surface area contributed by atoms with Crippen molar-refractivity contribution in [2.24, 2.45) is 0 Å². The van der Waals surface area contributed by atoms with Crippen molar-refractivity contribution in [3.8, 4) is 0 Å². The minimum absolute atomic E-state index is 0.0978. The number of nitrogens with one attached hydrogen (secondary N) is 1. The summed E-state index contributed by atoms with van der Waals surface area (Å²) in [5.41, 5.74) is 0. The smallest absolute Gasteiger partial charge is 0.240 e. The van der Waals surface area contributed by atoms with Gasteiger partial charge < -0.3 is 10.2 Å². The van der Waals surface area contributed by atoms with Crippen molar-refractivity contribution < 1.29 is 4.79 Å². The summed E-state index contributed by atoms with van der Waals surface area (Å²) in [5.74, 6) is 0.328. The first-order chi connectivity index (χ1) is 6.33. The molecule has 0 bridgehead atoms. The van der Waals surface area contributed by atoms with Crippen LogP contribution in [0, 0.1) is 0 Å². The maximum atomic E-state index is 11.8. The Balaban J connectivity index is 1.97. The molecule has 2 fully saturated rings. The molecule has 13 heavy (non-hydrogen) atoms. The molecule has 1 saturated carbocycles. The highest BCUT2D eigenvalue weighted by atomic mass is 16.2. The van der Waals surface area contributed by atoms with E-state index in [2.05, 4.69) is 10.2 Å². The van der Waals surface area contributed by atoms with E-state index in [-0.39, 0.29) is 6.04 Å². The molecule has 0 spiro atoms. The van der Waals surface area contributed by atoms with Gasteiger partial charge in [0.25, 0.3) is 0 Å². The van der Waals surface area contributed by atoms with Gasteiger partial charge in [0.15, 0.2) is 0 Å². The molecule has 1 atom stereocenters. The molecule has 1 amide bonds. The highest BCUT2D eigenvalue weighted by molar-refractivity contribution is 5.84. The van der Waals surface area contributed by atoms with Crippen LogP contribution in [0.1, 0.15) is 32.1 Å². The Morgan fingerprint density at radius 1 is 1.31 bits per heavy atom. The predicted octanol–water partition coefficient (Wildman–Crippen LogP) is 0.749. The zero-order valence-corrected chi connectivity index (χ0v) is 8.25. The second-order valence-corrected chi connectivity index (χ2v) is 4.10. The molecule has 1 saturated heterocycles. The lowest BCUT2D eigenvalue weighted by Crippen LogP contribution is -2.40. The molecule has 0 aromatic carbocycles. The maximum Gasteiger partial charge on any atom is 0.240 e. The number of carbonyl (C=O) groups excluding carboxylic acids is 1. The van der Waals surface area contributed by atoms with Gasteiger partial charge in [0.05, 0.1) is 6.04 Å². The number of likely N-dealkylation sites (tertiary alicyclic amines) is 1. The molecule has 74 valence electrons. The molecule has 1 aliphatic carbocycles. The van der Waals surface area contributed by atoms with Crippen LogP contribution in [0.2, 0.25) is 0 Å². The average Bonchev–Trinajstić information content (AvgIpc) is 2.72. The van der Waals surface area contributed by atoms with E-state index in [1.165, 1.54) is 25.7 Å². The van der Waals surface area contributed by atoms with Gasteiger partial charge in [-0.05, 0) is 26.3 Å². The van der Waals surface area contributed by atoms with E-state index in [9.17, 15) is 4.79 Å². The van der Waals surface area contributed by atoms with Gasteiger partial charge >= 0.3 is 0 Å². The number of amides is 1. The third kappa shape index (κ3) is 1.57. The molecular weight excluding hydrogens is 164 g/mol. The number of likely N-dealkylation sites (N-methyl/N-ethyl adjacent to an activating group) is 1. The Kier molecular flexibility index (Phi) is 2.54. The Morgan fingerprint density at radius 2 is 2.00 bits per heavy atom. The van der Waals surface area contributed by atoms with E-state index >= 15 is 0 Å². The van der Waals surface area contributed by atoms with Crippen LogP contribution in [0.3, 0.4) is 0 Å². The van der Waals surface area contributed by atoms with Gasteiger partial charge in [0.1, 0.15) is 0 Å². The van der Waals surface area contributed by atoms with E-state index in [4.69, 9.17) is 0 Å². The lowest BCUT2D eigenvalue weighted by molar-refractivity contribution is -0.131. The normalized spacial score (nSPS) is 30.4. The molecule has 1 unspecified atom stereocenters. The van der Waals surface area contributed by atoms with Crippen LogP contribution >= 0.6 is 0 Å². The molecule has 3 heteroatoms. The van der Waals surface area contributed by atoms with Crippen molar-refractivity contribution in [1.29, 1.82) is 0 Å². The summed E-state index contributed by atoms with van der Waals surface area (Å²) in [5, 5.41) is 3.08. The van der Waals surface area contributed by atoms with Gasteiger partial charge in [-0.2, -0.15) is 0 Å². The summed E-state index contributed by atoms with van der Waals surface area (Å²) in [4.78, 5) is 13.9. The van der Waals surface area contributed by atoms with E-state index < -0.39 is 0 Å². The first-order valence-corrected chi connectivity index (χ1v) is 5.30. The molecule has 2 rings (SSSR count). The lowest BCUT2D eigenvalue weighted by atomic mass is 10.2. The van der Waals surface area contributed by atoms with E-state index in [1.54, 1.807) is 0 Å². The van der Waals surface area contributed by atoms with Crippen molar-refractivity contribution in [2.75, 3.05) is 13.6 Å². The second-order valence-electron chi connectivity index (χ2n) is 4.10. The zero-order valence-electron chi connectivity index (χ0n) is 8.25.